The van der Waals surface area contributed by atoms with Crippen LogP contribution in [-0.4, -0.2) is 37.3 Å². The van der Waals surface area contributed by atoms with Crippen molar-refractivity contribution >= 4 is 17.4 Å². The molecule has 0 amide bonds. The van der Waals surface area contributed by atoms with Crippen LogP contribution in [-0.2, 0) is 0 Å². The fourth-order valence-electron chi connectivity index (χ4n) is 1.72. The van der Waals surface area contributed by atoms with E-state index in [1.807, 2.05) is 0 Å². The summed E-state index contributed by atoms with van der Waals surface area (Å²) in [6, 6.07) is 0. The van der Waals surface area contributed by atoms with E-state index in [1.54, 1.807) is 0 Å². The Morgan fingerprint density at radius 1 is 0.882 bits per heavy atom. The Hall–Kier alpha value is -0.240. The Morgan fingerprint density at radius 2 is 1.24 bits per heavy atom. The van der Waals surface area contributed by atoms with Gasteiger partial charge < -0.3 is 9.89 Å². The number of rotatable bonds is 9. The number of hydrogen-bond acceptors (Lipinski definition) is 1. The van der Waals surface area contributed by atoms with E-state index in [0.717, 1.165) is 4.48 Å². The first-order valence-electron chi connectivity index (χ1n) is 6.79. The second kappa shape index (κ2) is 13.8. The van der Waals surface area contributed by atoms with Crippen molar-refractivity contribution in [1.29, 1.82) is 0 Å². The van der Waals surface area contributed by atoms with Crippen LogP contribution in [0, 0.1) is 0 Å². The van der Waals surface area contributed by atoms with Crippen LogP contribution < -0.4 is 0 Å². The van der Waals surface area contributed by atoms with Crippen molar-refractivity contribution in [3.8, 4) is 0 Å². The highest BCUT2D eigenvalue weighted by atomic mass is 32.1. The molecule has 0 N–H and O–H groups in total. The predicted molar refractivity (Wildman–Crippen MR) is 81.5 cm³/mol. The molecule has 3 heteroatoms. The lowest BCUT2D eigenvalue weighted by Crippen LogP contribution is -2.35. The minimum absolute atomic E-state index is 1.12. The molecule has 0 unspecified atom stereocenters. The van der Waals surface area contributed by atoms with Gasteiger partial charge in [0.25, 0.3) is 0 Å². The lowest BCUT2D eigenvalue weighted by molar-refractivity contribution is -0.870. The third-order valence-corrected chi connectivity index (χ3v) is 2.68. The zero-order chi connectivity index (χ0) is 13.6. The van der Waals surface area contributed by atoms with Crippen LogP contribution in [0.25, 0.3) is 5.41 Å². The number of hydrogen-bond donors (Lipinski definition) is 0. The molecule has 0 fully saturated rings. The molecular formula is C14H30N2S. The fourth-order valence-corrected chi connectivity index (χ4v) is 1.72. The average molecular weight is 258 g/mol. The van der Waals surface area contributed by atoms with E-state index in [2.05, 4.69) is 40.3 Å². The molecule has 0 saturated carbocycles. The number of nitrogens with zero attached hydrogens (tertiary/aromatic N) is 2. The van der Waals surface area contributed by atoms with Crippen LogP contribution in [0.4, 0.5) is 0 Å². The first-order chi connectivity index (χ1) is 7.97. The standard InChI is InChI=1S/C13H30N.CNS/c1-5-6-7-8-9-10-11-12-13-14(2,3)4;2-1-3/h5-13H2,1-4H3;/q+1;-1. The van der Waals surface area contributed by atoms with E-state index in [9.17, 15) is 0 Å². The highest BCUT2D eigenvalue weighted by Crippen LogP contribution is 2.09. The van der Waals surface area contributed by atoms with Gasteiger partial charge in [-0.25, -0.2) is 0 Å². The number of isothiocyanates is 1. The number of quaternary nitrogens is 1. The van der Waals surface area contributed by atoms with E-state index < -0.39 is 0 Å². The lowest BCUT2D eigenvalue weighted by Gasteiger charge is -2.23. The first-order valence-corrected chi connectivity index (χ1v) is 7.20. The molecule has 0 radical (unpaired) electrons. The molecule has 0 aromatic carbocycles. The van der Waals surface area contributed by atoms with E-state index >= 15 is 0 Å². The predicted octanol–water partition coefficient (Wildman–Crippen LogP) is 4.49. The zero-order valence-corrected chi connectivity index (χ0v) is 13.0. The quantitative estimate of drug-likeness (QED) is 0.258. The monoisotopic (exact) mass is 258 g/mol. The van der Waals surface area contributed by atoms with Gasteiger partial charge in [-0.05, 0) is 12.8 Å². The maximum Gasteiger partial charge on any atom is 0.0780 e. The van der Waals surface area contributed by atoms with E-state index in [4.69, 9.17) is 5.41 Å². The molecule has 0 aliphatic heterocycles. The number of unbranched alkanes of at least 4 members (excludes halogenated alkanes) is 7. The molecule has 102 valence electrons. The van der Waals surface area contributed by atoms with Gasteiger partial charge in [0.15, 0.2) is 0 Å². The minimum atomic E-state index is 1.12. The largest absolute Gasteiger partial charge is 0.753 e. The maximum atomic E-state index is 7.13. The van der Waals surface area contributed by atoms with Gasteiger partial charge in [0.05, 0.1) is 27.7 Å². The van der Waals surface area contributed by atoms with Crippen molar-refractivity contribution in [3.63, 3.8) is 0 Å². The summed E-state index contributed by atoms with van der Waals surface area (Å²) in [6.45, 7) is 3.61. The summed E-state index contributed by atoms with van der Waals surface area (Å²) in [7, 11) is 6.84. The molecule has 0 heterocycles. The SMILES string of the molecule is CCCCCCCCCC[N+](C)(C)C.[N-]=C=S. The third kappa shape index (κ3) is 25.8. The topological polar surface area (TPSA) is 22.3 Å². The molecular weight excluding hydrogens is 228 g/mol. The molecule has 2 nitrogen and oxygen atoms in total. The number of thiocarbonyl (C=S) groups is 1. The summed E-state index contributed by atoms with van der Waals surface area (Å²) in [6.07, 6.45) is 11.4. The molecule has 0 spiro atoms. The van der Waals surface area contributed by atoms with Crippen LogP contribution in [0.3, 0.4) is 0 Å². The highest BCUT2D eigenvalue weighted by Gasteiger charge is 2.04. The van der Waals surface area contributed by atoms with Gasteiger partial charge in [-0.15, -0.1) is 0 Å². The fraction of sp³-hybridized carbons (Fsp3) is 0.929. The summed E-state index contributed by atoms with van der Waals surface area (Å²) in [5.41, 5.74) is 0. The van der Waals surface area contributed by atoms with Crippen molar-refractivity contribution in [2.24, 2.45) is 0 Å². The first kappa shape index (κ1) is 19.1. The second-order valence-corrected chi connectivity index (χ2v) is 5.76. The molecule has 0 atom stereocenters. The van der Waals surface area contributed by atoms with Crippen molar-refractivity contribution in [3.05, 3.63) is 5.41 Å². The average Bonchev–Trinajstić information content (AvgIpc) is 2.22. The zero-order valence-electron chi connectivity index (χ0n) is 12.2. The Bertz CT molecular complexity index is 179. The lowest BCUT2D eigenvalue weighted by atomic mass is 10.1. The molecule has 17 heavy (non-hydrogen) atoms. The Morgan fingerprint density at radius 3 is 1.59 bits per heavy atom. The van der Waals surface area contributed by atoms with Crippen LogP contribution in [0.1, 0.15) is 58.3 Å². The van der Waals surface area contributed by atoms with Gasteiger partial charge in [-0.1, -0.05) is 57.7 Å². The Kier molecular flexibility index (Phi) is 15.5. The summed E-state index contributed by atoms with van der Waals surface area (Å²) in [5.74, 6) is 0. The van der Waals surface area contributed by atoms with Gasteiger partial charge in [0, 0.05) is 0 Å². The van der Waals surface area contributed by atoms with Gasteiger partial charge in [0.1, 0.15) is 0 Å². The highest BCUT2D eigenvalue weighted by molar-refractivity contribution is 7.78. The minimum Gasteiger partial charge on any atom is -0.753 e. The van der Waals surface area contributed by atoms with E-state index in [0.29, 0.717) is 0 Å². The van der Waals surface area contributed by atoms with E-state index in [-0.39, 0.29) is 0 Å². The maximum absolute atomic E-state index is 7.13. The molecule has 0 saturated heterocycles. The van der Waals surface area contributed by atoms with Gasteiger partial charge in [-0.2, -0.15) is 5.16 Å². The van der Waals surface area contributed by atoms with Gasteiger partial charge in [0.2, 0.25) is 0 Å². The molecule has 0 aromatic heterocycles. The van der Waals surface area contributed by atoms with Crippen LogP contribution in [0.5, 0.6) is 0 Å². The van der Waals surface area contributed by atoms with E-state index in [1.165, 1.54) is 63.1 Å². The summed E-state index contributed by atoms with van der Waals surface area (Å²) in [4.78, 5) is 0. The molecule has 0 aliphatic carbocycles. The van der Waals surface area contributed by atoms with Crippen molar-refractivity contribution < 1.29 is 4.48 Å². The van der Waals surface area contributed by atoms with Crippen LogP contribution in [0.2, 0.25) is 0 Å². The smallest absolute Gasteiger partial charge is 0.0780 e. The molecule has 0 aliphatic rings. The van der Waals surface area contributed by atoms with Gasteiger partial charge in [-0.3, -0.25) is 0 Å². The van der Waals surface area contributed by atoms with Crippen LogP contribution in [0.15, 0.2) is 0 Å². The second-order valence-electron chi connectivity index (χ2n) is 5.58. The van der Waals surface area contributed by atoms with Gasteiger partial charge >= 0.3 is 0 Å². The summed E-state index contributed by atoms with van der Waals surface area (Å²) in [5, 5.41) is 8.47. The summed E-state index contributed by atoms with van der Waals surface area (Å²) >= 11 is 3.70. The molecule has 0 bridgehead atoms. The third-order valence-electron chi connectivity index (χ3n) is 2.68. The molecule has 0 rings (SSSR count). The van der Waals surface area contributed by atoms with Crippen molar-refractivity contribution in [2.45, 2.75) is 58.3 Å². The summed E-state index contributed by atoms with van der Waals surface area (Å²) < 4.78 is 1.12. The Balaban J connectivity index is 0. The van der Waals surface area contributed by atoms with Crippen molar-refractivity contribution in [1.82, 2.24) is 0 Å². The Labute approximate surface area is 114 Å². The molecule has 0 aromatic rings. The van der Waals surface area contributed by atoms with Crippen LogP contribution >= 0.6 is 12.2 Å². The van der Waals surface area contributed by atoms with Crippen molar-refractivity contribution in [2.75, 3.05) is 27.7 Å². The normalized spacial score (nSPS) is 10.4.